The molecule has 2 aromatic carbocycles. The summed E-state index contributed by atoms with van der Waals surface area (Å²) in [6.45, 7) is 2.43. The number of aryl methyl sites for hydroxylation is 1. The Morgan fingerprint density at radius 3 is 2.54 bits per heavy atom. The van der Waals surface area contributed by atoms with Crippen LogP contribution in [-0.2, 0) is 6.61 Å². The second-order valence-electron chi connectivity index (χ2n) is 5.44. The maximum Gasteiger partial charge on any atom is 0.255 e. The third kappa shape index (κ3) is 3.98. The molecular weight excluding hydrogens is 300 g/mol. The van der Waals surface area contributed by atoms with E-state index in [4.69, 9.17) is 4.74 Å². The fourth-order valence-corrected chi connectivity index (χ4v) is 2.27. The van der Waals surface area contributed by atoms with Crippen molar-refractivity contribution in [3.8, 4) is 5.75 Å². The molecule has 3 rings (SSSR count). The van der Waals surface area contributed by atoms with Crippen LogP contribution in [0.5, 0.6) is 5.75 Å². The van der Waals surface area contributed by atoms with E-state index in [-0.39, 0.29) is 5.91 Å². The van der Waals surface area contributed by atoms with Gasteiger partial charge < -0.3 is 10.1 Å². The topological polar surface area (TPSA) is 51.2 Å². The van der Waals surface area contributed by atoms with Gasteiger partial charge >= 0.3 is 0 Å². The van der Waals surface area contributed by atoms with Gasteiger partial charge in [-0.2, -0.15) is 0 Å². The molecular formula is C20H18N2O2. The third-order valence-corrected chi connectivity index (χ3v) is 3.63. The molecule has 120 valence electrons. The summed E-state index contributed by atoms with van der Waals surface area (Å²) in [5.74, 6) is 0.534. The molecule has 3 aromatic rings. The second kappa shape index (κ2) is 7.42. The number of nitrogens with zero attached hydrogens (tertiary/aromatic N) is 1. The highest BCUT2D eigenvalue weighted by atomic mass is 16.5. The summed E-state index contributed by atoms with van der Waals surface area (Å²) in [7, 11) is 0. The molecule has 0 spiro atoms. The van der Waals surface area contributed by atoms with Gasteiger partial charge in [0.1, 0.15) is 12.4 Å². The van der Waals surface area contributed by atoms with Crippen molar-refractivity contribution in [1.29, 1.82) is 0 Å². The molecule has 1 amide bonds. The zero-order valence-electron chi connectivity index (χ0n) is 13.4. The molecule has 0 radical (unpaired) electrons. The predicted molar refractivity (Wildman–Crippen MR) is 94.1 cm³/mol. The van der Waals surface area contributed by atoms with Gasteiger partial charge in [-0.05, 0) is 42.3 Å². The van der Waals surface area contributed by atoms with E-state index in [9.17, 15) is 4.79 Å². The Labute approximate surface area is 141 Å². The van der Waals surface area contributed by atoms with Gasteiger partial charge in [0, 0.05) is 23.6 Å². The van der Waals surface area contributed by atoms with E-state index in [1.165, 1.54) is 0 Å². The summed E-state index contributed by atoms with van der Waals surface area (Å²) >= 11 is 0. The molecule has 1 N–H and O–H groups in total. The number of amides is 1. The lowest BCUT2D eigenvalue weighted by atomic mass is 10.1. The number of rotatable bonds is 5. The van der Waals surface area contributed by atoms with Gasteiger partial charge in [-0.15, -0.1) is 0 Å². The van der Waals surface area contributed by atoms with Gasteiger partial charge in [-0.25, -0.2) is 0 Å². The van der Waals surface area contributed by atoms with E-state index in [2.05, 4.69) is 10.3 Å². The van der Waals surface area contributed by atoms with Crippen LogP contribution in [0.15, 0.2) is 73.1 Å². The molecule has 0 aliphatic heterocycles. The summed E-state index contributed by atoms with van der Waals surface area (Å²) in [6, 6.07) is 18.9. The Bertz CT molecular complexity index is 818. The van der Waals surface area contributed by atoms with E-state index in [1.807, 2.05) is 43.3 Å². The number of aromatic nitrogens is 1. The Hall–Kier alpha value is -3.14. The first-order chi connectivity index (χ1) is 11.7. The Morgan fingerprint density at radius 2 is 1.79 bits per heavy atom. The smallest absolute Gasteiger partial charge is 0.255 e. The van der Waals surface area contributed by atoms with Crippen LogP contribution in [0.2, 0.25) is 0 Å². The lowest BCUT2D eigenvalue weighted by Gasteiger charge is -2.11. The first-order valence-corrected chi connectivity index (χ1v) is 7.71. The number of hydrogen-bond acceptors (Lipinski definition) is 3. The molecule has 0 saturated heterocycles. The first kappa shape index (κ1) is 15.7. The number of benzene rings is 2. The van der Waals surface area contributed by atoms with Crippen LogP contribution in [0.25, 0.3) is 0 Å². The van der Waals surface area contributed by atoms with Gasteiger partial charge in [-0.1, -0.05) is 36.4 Å². The Kier molecular flexibility index (Phi) is 4.87. The Balaban J connectivity index is 1.72. The number of anilines is 1. The molecule has 0 unspecified atom stereocenters. The average Bonchev–Trinajstić information content (AvgIpc) is 2.62. The molecule has 0 saturated carbocycles. The highest BCUT2D eigenvalue weighted by Gasteiger charge is 2.09. The minimum absolute atomic E-state index is 0.175. The van der Waals surface area contributed by atoms with Gasteiger partial charge in [0.25, 0.3) is 5.91 Å². The first-order valence-electron chi connectivity index (χ1n) is 7.71. The van der Waals surface area contributed by atoms with Crippen LogP contribution in [0.4, 0.5) is 5.69 Å². The van der Waals surface area contributed by atoms with E-state index in [1.54, 1.807) is 36.7 Å². The van der Waals surface area contributed by atoms with Gasteiger partial charge in [0.05, 0.1) is 0 Å². The molecule has 0 aliphatic rings. The fourth-order valence-electron chi connectivity index (χ4n) is 2.27. The average molecular weight is 318 g/mol. The zero-order chi connectivity index (χ0) is 16.8. The van der Waals surface area contributed by atoms with Crippen molar-refractivity contribution in [2.24, 2.45) is 0 Å². The van der Waals surface area contributed by atoms with Crippen molar-refractivity contribution in [2.45, 2.75) is 13.5 Å². The summed E-state index contributed by atoms with van der Waals surface area (Å²) in [5, 5.41) is 2.84. The zero-order valence-corrected chi connectivity index (χ0v) is 13.4. The van der Waals surface area contributed by atoms with Crippen LogP contribution < -0.4 is 10.1 Å². The van der Waals surface area contributed by atoms with Crippen LogP contribution in [0.3, 0.4) is 0 Å². The van der Waals surface area contributed by atoms with Crippen LogP contribution in [0, 0.1) is 6.92 Å². The molecule has 24 heavy (non-hydrogen) atoms. The van der Waals surface area contributed by atoms with E-state index in [0.717, 1.165) is 11.1 Å². The maximum atomic E-state index is 12.4. The molecule has 4 heteroatoms. The van der Waals surface area contributed by atoms with Crippen LogP contribution in [-0.4, -0.2) is 10.9 Å². The summed E-state index contributed by atoms with van der Waals surface area (Å²) in [5.41, 5.74) is 3.35. The molecule has 0 aliphatic carbocycles. The second-order valence-corrected chi connectivity index (χ2v) is 5.44. The molecule has 0 bridgehead atoms. The van der Waals surface area contributed by atoms with Crippen molar-refractivity contribution < 1.29 is 9.53 Å². The fraction of sp³-hybridized carbons (Fsp3) is 0.100. The normalized spacial score (nSPS) is 10.2. The van der Waals surface area contributed by atoms with Crippen molar-refractivity contribution in [1.82, 2.24) is 4.98 Å². The standard InChI is InChI=1S/C20H18N2O2/c1-15-7-8-17(20(23)22-18-9-11-21-12-10-18)13-19(15)24-14-16-5-3-2-4-6-16/h2-13H,14H2,1H3,(H,21,22,23). The largest absolute Gasteiger partial charge is 0.489 e. The van der Waals surface area contributed by atoms with Gasteiger partial charge in [0.2, 0.25) is 0 Å². The number of nitrogens with one attached hydrogen (secondary N) is 1. The Morgan fingerprint density at radius 1 is 1.04 bits per heavy atom. The molecule has 1 heterocycles. The van der Waals surface area contributed by atoms with Gasteiger partial charge in [-0.3, -0.25) is 9.78 Å². The predicted octanol–water partition coefficient (Wildman–Crippen LogP) is 4.22. The van der Waals surface area contributed by atoms with Crippen molar-refractivity contribution in [3.05, 3.63) is 89.7 Å². The molecule has 0 fully saturated rings. The van der Waals surface area contributed by atoms with Crippen molar-refractivity contribution in [3.63, 3.8) is 0 Å². The van der Waals surface area contributed by atoms with E-state index >= 15 is 0 Å². The monoisotopic (exact) mass is 318 g/mol. The van der Waals surface area contributed by atoms with Crippen LogP contribution >= 0.6 is 0 Å². The van der Waals surface area contributed by atoms with Gasteiger partial charge in [0.15, 0.2) is 0 Å². The van der Waals surface area contributed by atoms with Crippen molar-refractivity contribution >= 4 is 11.6 Å². The summed E-state index contributed by atoms with van der Waals surface area (Å²) < 4.78 is 5.87. The third-order valence-electron chi connectivity index (χ3n) is 3.63. The maximum absolute atomic E-state index is 12.4. The quantitative estimate of drug-likeness (QED) is 0.766. The van der Waals surface area contributed by atoms with E-state index in [0.29, 0.717) is 23.6 Å². The minimum atomic E-state index is -0.175. The number of pyridine rings is 1. The minimum Gasteiger partial charge on any atom is -0.489 e. The summed E-state index contributed by atoms with van der Waals surface area (Å²) in [6.07, 6.45) is 3.28. The number of carbonyl (C=O) groups excluding carboxylic acids is 1. The van der Waals surface area contributed by atoms with E-state index < -0.39 is 0 Å². The number of carbonyl (C=O) groups is 1. The highest BCUT2D eigenvalue weighted by molar-refractivity contribution is 6.04. The molecule has 4 nitrogen and oxygen atoms in total. The summed E-state index contributed by atoms with van der Waals surface area (Å²) in [4.78, 5) is 16.3. The van der Waals surface area contributed by atoms with Crippen LogP contribution in [0.1, 0.15) is 21.5 Å². The van der Waals surface area contributed by atoms with Crippen molar-refractivity contribution in [2.75, 3.05) is 5.32 Å². The SMILES string of the molecule is Cc1ccc(C(=O)Nc2ccncc2)cc1OCc1ccccc1. The highest BCUT2D eigenvalue weighted by Crippen LogP contribution is 2.21. The lowest BCUT2D eigenvalue weighted by molar-refractivity contribution is 0.102. The number of ether oxygens (including phenoxy) is 1. The number of hydrogen-bond donors (Lipinski definition) is 1. The lowest BCUT2D eigenvalue weighted by Crippen LogP contribution is -2.12. The molecule has 1 aromatic heterocycles. The molecule has 0 atom stereocenters.